The van der Waals surface area contributed by atoms with Gasteiger partial charge in [-0.3, -0.25) is 13.9 Å². The van der Waals surface area contributed by atoms with Crippen LogP contribution < -0.4 is 10.6 Å². The van der Waals surface area contributed by atoms with E-state index in [1.807, 2.05) is 30.0 Å². The Labute approximate surface area is 111 Å². The number of hydrogen-bond acceptors (Lipinski definition) is 4. The molecule has 1 aliphatic rings. The SMILES string of the molecule is Cc1cc(N2CCCC2=O)ccc1N.O=S(=O)(O)O. The number of rotatable bonds is 1. The maximum absolute atomic E-state index is 11.5. The van der Waals surface area contributed by atoms with E-state index in [0.29, 0.717) is 6.42 Å². The molecule has 1 aromatic carbocycles. The predicted octanol–water partition coefficient (Wildman–Crippen LogP) is 1.05. The molecule has 4 N–H and O–H groups in total. The van der Waals surface area contributed by atoms with Gasteiger partial charge in [0.15, 0.2) is 0 Å². The highest BCUT2D eigenvalue weighted by Gasteiger charge is 2.21. The first-order chi connectivity index (χ1) is 8.68. The largest absolute Gasteiger partial charge is 0.399 e. The molecule has 0 saturated carbocycles. The predicted molar refractivity (Wildman–Crippen MR) is 71.4 cm³/mol. The van der Waals surface area contributed by atoms with E-state index in [2.05, 4.69) is 0 Å². The van der Waals surface area contributed by atoms with E-state index in [0.717, 1.165) is 29.9 Å². The molecule has 19 heavy (non-hydrogen) atoms. The van der Waals surface area contributed by atoms with Gasteiger partial charge in [-0.25, -0.2) is 0 Å². The van der Waals surface area contributed by atoms with E-state index >= 15 is 0 Å². The Morgan fingerprint density at radius 1 is 1.32 bits per heavy atom. The van der Waals surface area contributed by atoms with Crippen molar-refractivity contribution in [2.75, 3.05) is 17.2 Å². The van der Waals surface area contributed by atoms with Crippen LogP contribution in [0.1, 0.15) is 18.4 Å². The van der Waals surface area contributed by atoms with Gasteiger partial charge in [0, 0.05) is 24.3 Å². The molecule has 0 aromatic heterocycles. The third kappa shape index (κ3) is 5.25. The second kappa shape index (κ2) is 6.00. The van der Waals surface area contributed by atoms with Crippen LogP contribution in [-0.2, 0) is 15.2 Å². The van der Waals surface area contributed by atoms with Gasteiger partial charge in [-0.2, -0.15) is 8.42 Å². The number of carbonyl (C=O) groups is 1. The van der Waals surface area contributed by atoms with Crippen molar-refractivity contribution in [3.8, 4) is 0 Å². The maximum Gasteiger partial charge on any atom is 0.394 e. The lowest BCUT2D eigenvalue weighted by atomic mass is 10.2. The van der Waals surface area contributed by atoms with E-state index in [4.69, 9.17) is 23.3 Å². The monoisotopic (exact) mass is 288 g/mol. The first-order valence-corrected chi connectivity index (χ1v) is 6.94. The molecular formula is C11H16N2O5S. The van der Waals surface area contributed by atoms with Crippen LogP contribution in [-0.4, -0.2) is 30.0 Å². The summed E-state index contributed by atoms with van der Waals surface area (Å²) in [6.45, 7) is 2.79. The third-order valence-corrected chi connectivity index (χ3v) is 2.64. The maximum atomic E-state index is 11.5. The minimum Gasteiger partial charge on any atom is -0.399 e. The van der Waals surface area contributed by atoms with Gasteiger partial charge in [0.05, 0.1) is 0 Å². The molecule has 2 rings (SSSR count). The molecule has 1 heterocycles. The number of nitrogen functional groups attached to an aromatic ring is 1. The summed E-state index contributed by atoms with van der Waals surface area (Å²) in [5, 5.41) is 0. The van der Waals surface area contributed by atoms with E-state index in [1.165, 1.54) is 0 Å². The Morgan fingerprint density at radius 3 is 2.32 bits per heavy atom. The fraction of sp³-hybridized carbons (Fsp3) is 0.364. The molecule has 0 radical (unpaired) electrons. The molecular weight excluding hydrogens is 272 g/mol. The smallest absolute Gasteiger partial charge is 0.394 e. The Kier molecular flexibility index (Phi) is 4.87. The Hall–Kier alpha value is -1.64. The van der Waals surface area contributed by atoms with Gasteiger partial charge in [0.2, 0.25) is 5.91 Å². The van der Waals surface area contributed by atoms with Crippen LogP contribution in [0.4, 0.5) is 11.4 Å². The highest BCUT2D eigenvalue weighted by Crippen LogP contribution is 2.24. The lowest BCUT2D eigenvalue weighted by molar-refractivity contribution is -0.117. The summed E-state index contributed by atoms with van der Waals surface area (Å²) in [6, 6.07) is 5.74. The minimum absolute atomic E-state index is 0.217. The van der Waals surface area contributed by atoms with E-state index < -0.39 is 10.4 Å². The lowest BCUT2D eigenvalue weighted by Crippen LogP contribution is -2.23. The molecule has 106 valence electrons. The van der Waals surface area contributed by atoms with Crippen molar-refractivity contribution in [2.45, 2.75) is 19.8 Å². The quantitative estimate of drug-likeness (QED) is 0.524. The van der Waals surface area contributed by atoms with Crippen LogP contribution >= 0.6 is 0 Å². The van der Waals surface area contributed by atoms with Crippen LogP contribution in [0.25, 0.3) is 0 Å². The molecule has 0 atom stereocenters. The Bertz CT molecular complexity index is 562. The normalized spacial score (nSPS) is 15.1. The molecule has 1 aromatic rings. The summed E-state index contributed by atoms with van der Waals surface area (Å²) in [5.74, 6) is 0.217. The van der Waals surface area contributed by atoms with Gasteiger partial charge in [-0.1, -0.05) is 0 Å². The van der Waals surface area contributed by atoms with Gasteiger partial charge >= 0.3 is 10.4 Å². The molecule has 1 fully saturated rings. The van der Waals surface area contributed by atoms with Crippen molar-refractivity contribution in [2.24, 2.45) is 0 Å². The van der Waals surface area contributed by atoms with E-state index in [1.54, 1.807) is 0 Å². The molecule has 0 bridgehead atoms. The second-order valence-electron chi connectivity index (χ2n) is 4.14. The number of nitrogens with zero attached hydrogens (tertiary/aromatic N) is 1. The zero-order chi connectivity index (χ0) is 14.6. The van der Waals surface area contributed by atoms with Crippen molar-refractivity contribution in [1.82, 2.24) is 0 Å². The molecule has 1 amide bonds. The molecule has 1 saturated heterocycles. The van der Waals surface area contributed by atoms with Gasteiger partial charge in [0.25, 0.3) is 0 Å². The number of amides is 1. The highest BCUT2D eigenvalue weighted by atomic mass is 32.3. The summed E-state index contributed by atoms with van der Waals surface area (Å²) >= 11 is 0. The van der Waals surface area contributed by atoms with Gasteiger partial charge in [-0.15, -0.1) is 0 Å². The zero-order valence-electron chi connectivity index (χ0n) is 10.4. The van der Waals surface area contributed by atoms with Gasteiger partial charge < -0.3 is 10.6 Å². The van der Waals surface area contributed by atoms with E-state index in [9.17, 15) is 4.79 Å². The highest BCUT2D eigenvalue weighted by molar-refractivity contribution is 7.79. The first-order valence-electron chi connectivity index (χ1n) is 5.55. The minimum atomic E-state index is -4.67. The second-order valence-corrected chi connectivity index (χ2v) is 5.03. The molecule has 0 aliphatic carbocycles. The van der Waals surface area contributed by atoms with Crippen molar-refractivity contribution in [1.29, 1.82) is 0 Å². The standard InChI is InChI=1S/C11H14N2O.H2O4S/c1-8-7-9(4-5-10(8)12)13-6-2-3-11(13)14;1-5(2,3)4/h4-5,7H,2-3,6,12H2,1H3;(H2,1,2,3,4). The molecule has 0 unspecified atom stereocenters. The van der Waals surface area contributed by atoms with Crippen LogP contribution in [0.5, 0.6) is 0 Å². The van der Waals surface area contributed by atoms with Crippen LogP contribution in [0.3, 0.4) is 0 Å². The molecule has 8 heteroatoms. The van der Waals surface area contributed by atoms with Crippen LogP contribution in [0.2, 0.25) is 0 Å². The number of anilines is 2. The average Bonchev–Trinajstić information content (AvgIpc) is 2.66. The van der Waals surface area contributed by atoms with Crippen molar-refractivity contribution in [3.63, 3.8) is 0 Å². The van der Waals surface area contributed by atoms with Crippen LogP contribution in [0.15, 0.2) is 18.2 Å². The van der Waals surface area contributed by atoms with Crippen LogP contribution in [0, 0.1) is 6.92 Å². The number of nitrogens with two attached hydrogens (primary N) is 1. The fourth-order valence-corrected chi connectivity index (χ4v) is 1.75. The number of aryl methyl sites for hydroxylation is 1. The van der Waals surface area contributed by atoms with Crippen molar-refractivity contribution in [3.05, 3.63) is 23.8 Å². The summed E-state index contributed by atoms with van der Waals surface area (Å²) in [7, 11) is -4.67. The lowest BCUT2D eigenvalue weighted by Gasteiger charge is -2.16. The Morgan fingerprint density at radius 2 is 1.89 bits per heavy atom. The average molecular weight is 288 g/mol. The fourth-order valence-electron chi connectivity index (χ4n) is 1.75. The number of hydrogen-bond donors (Lipinski definition) is 3. The van der Waals surface area contributed by atoms with Gasteiger partial charge in [0.1, 0.15) is 0 Å². The molecule has 1 aliphatic heterocycles. The topological polar surface area (TPSA) is 121 Å². The molecule has 0 spiro atoms. The van der Waals surface area contributed by atoms with E-state index in [-0.39, 0.29) is 5.91 Å². The van der Waals surface area contributed by atoms with Gasteiger partial charge in [-0.05, 0) is 37.1 Å². The summed E-state index contributed by atoms with van der Waals surface area (Å²) < 4.78 is 31.6. The van der Waals surface area contributed by atoms with Crippen molar-refractivity contribution >= 4 is 27.7 Å². The Balaban J connectivity index is 0.000000312. The zero-order valence-corrected chi connectivity index (χ0v) is 11.2. The summed E-state index contributed by atoms with van der Waals surface area (Å²) in [4.78, 5) is 13.3. The summed E-state index contributed by atoms with van der Waals surface area (Å²) in [6.07, 6.45) is 1.63. The number of benzene rings is 1. The number of carbonyl (C=O) groups excluding carboxylic acids is 1. The first kappa shape index (κ1) is 15.4. The molecule has 7 nitrogen and oxygen atoms in total. The summed E-state index contributed by atoms with van der Waals surface area (Å²) in [5.41, 5.74) is 8.50. The van der Waals surface area contributed by atoms with Crippen molar-refractivity contribution < 1.29 is 22.3 Å². The third-order valence-electron chi connectivity index (χ3n) is 2.64.